The Labute approximate surface area is 125 Å². The fourth-order valence-electron chi connectivity index (χ4n) is 1.24. The van der Waals surface area contributed by atoms with Crippen LogP contribution in [0.25, 0.3) is 0 Å². The molecule has 0 unspecified atom stereocenters. The Balaban J connectivity index is 2.22. The summed E-state index contributed by atoms with van der Waals surface area (Å²) in [5.41, 5.74) is 1.17. The normalized spacial score (nSPS) is 10.3. The van der Waals surface area contributed by atoms with Crippen LogP contribution in [0.1, 0.15) is 10.4 Å². The summed E-state index contributed by atoms with van der Waals surface area (Å²) in [5, 5.41) is 3.42. The van der Waals surface area contributed by atoms with E-state index < -0.39 is 0 Å². The molecule has 0 bridgehead atoms. The molecule has 2 rings (SSSR count). The molecule has 1 amide bonds. The zero-order valence-corrected chi connectivity index (χ0v) is 12.8. The van der Waals surface area contributed by atoms with Crippen molar-refractivity contribution in [2.45, 2.75) is 0 Å². The van der Waals surface area contributed by atoms with E-state index in [4.69, 9.17) is 16.0 Å². The van der Waals surface area contributed by atoms with Gasteiger partial charge >= 0.3 is 0 Å². The van der Waals surface area contributed by atoms with Gasteiger partial charge in [-0.2, -0.15) is 0 Å². The van der Waals surface area contributed by atoms with Crippen LogP contribution in [0.4, 0.5) is 5.69 Å². The van der Waals surface area contributed by atoms with E-state index in [1.807, 2.05) is 0 Å². The average Bonchev–Trinajstić information content (AvgIpc) is 2.68. The Bertz CT molecular complexity index is 570. The molecule has 0 spiro atoms. The number of benzene rings is 1. The molecular weight excluding hydrogens is 420 g/mol. The van der Waals surface area contributed by atoms with Crippen molar-refractivity contribution in [3.8, 4) is 0 Å². The fourth-order valence-corrected chi connectivity index (χ4v) is 2.66. The van der Waals surface area contributed by atoms with Crippen molar-refractivity contribution in [3.63, 3.8) is 0 Å². The van der Waals surface area contributed by atoms with Gasteiger partial charge in [0.05, 0.1) is 17.5 Å². The van der Waals surface area contributed by atoms with Gasteiger partial charge in [0, 0.05) is 8.59 Å². The van der Waals surface area contributed by atoms with Crippen molar-refractivity contribution in [1.82, 2.24) is 0 Å². The lowest BCUT2D eigenvalue weighted by atomic mass is 10.3. The topological polar surface area (TPSA) is 42.2 Å². The third kappa shape index (κ3) is 3.02. The Morgan fingerprint density at radius 1 is 1.41 bits per heavy atom. The van der Waals surface area contributed by atoms with E-state index in [0.717, 1.165) is 3.57 Å². The lowest BCUT2D eigenvalue weighted by Crippen LogP contribution is -2.12. The highest BCUT2D eigenvalue weighted by Crippen LogP contribution is 2.24. The van der Waals surface area contributed by atoms with Gasteiger partial charge in [-0.25, -0.2) is 0 Å². The quantitative estimate of drug-likeness (QED) is 0.716. The minimum Gasteiger partial charge on any atom is -0.457 e. The molecular formula is C11H6BrClINO2. The lowest BCUT2D eigenvalue weighted by Gasteiger charge is -2.06. The van der Waals surface area contributed by atoms with Crippen LogP contribution in [0.15, 0.2) is 39.6 Å². The van der Waals surface area contributed by atoms with Crippen molar-refractivity contribution in [2.75, 3.05) is 5.32 Å². The second-order valence-corrected chi connectivity index (χ2v) is 5.51. The maximum absolute atomic E-state index is 11.9. The molecule has 0 aliphatic heterocycles. The number of carbonyl (C=O) groups is 1. The van der Waals surface area contributed by atoms with Gasteiger partial charge in [0.2, 0.25) is 0 Å². The number of nitrogens with one attached hydrogen (secondary N) is 1. The summed E-state index contributed by atoms with van der Waals surface area (Å²) >= 11 is 11.1. The van der Waals surface area contributed by atoms with Crippen molar-refractivity contribution in [2.24, 2.45) is 0 Å². The molecule has 1 aromatic heterocycles. The van der Waals surface area contributed by atoms with Crippen LogP contribution in [0.2, 0.25) is 5.02 Å². The molecule has 0 atom stereocenters. The highest BCUT2D eigenvalue weighted by atomic mass is 127. The monoisotopic (exact) mass is 425 g/mol. The number of furan rings is 1. The number of amides is 1. The molecule has 1 N–H and O–H groups in total. The summed E-state index contributed by atoms with van der Waals surface area (Å²) in [7, 11) is 0. The maximum atomic E-state index is 11.9. The van der Waals surface area contributed by atoms with Crippen LogP contribution in [-0.4, -0.2) is 5.91 Å². The molecule has 3 nitrogen and oxygen atoms in total. The molecule has 0 aliphatic carbocycles. The van der Waals surface area contributed by atoms with Gasteiger partial charge in [0.1, 0.15) is 0 Å². The summed E-state index contributed by atoms with van der Waals surface area (Å²) in [6.45, 7) is 0. The standard InChI is InChI=1S/C11H6BrClINO2/c12-10-7(3-4-17-10)11(16)15-9-2-1-6(13)5-8(9)14/h1-5H,(H,15,16). The van der Waals surface area contributed by atoms with Gasteiger partial charge in [-0.1, -0.05) is 11.6 Å². The molecule has 2 aromatic rings. The summed E-state index contributed by atoms with van der Waals surface area (Å²) < 4.78 is 6.30. The Hall–Kier alpha value is -0.530. The number of rotatable bonds is 2. The molecule has 17 heavy (non-hydrogen) atoms. The molecule has 1 heterocycles. The van der Waals surface area contributed by atoms with Crippen molar-refractivity contribution in [1.29, 1.82) is 0 Å². The van der Waals surface area contributed by atoms with Crippen molar-refractivity contribution >= 4 is 61.7 Å². The first-order valence-electron chi connectivity index (χ1n) is 4.57. The van der Waals surface area contributed by atoms with Gasteiger partial charge in [-0.15, -0.1) is 0 Å². The average molecular weight is 426 g/mol. The second kappa shape index (κ2) is 5.41. The van der Waals surface area contributed by atoms with Crippen molar-refractivity contribution < 1.29 is 9.21 Å². The molecule has 1 aromatic carbocycles. The number of hydrogen-bond acceptors (Lipinski definition) is 2. The zero-order chi connectivity index (χ0) is 12.4. The number of halogens is 3. The van der Waals surface area contributed by atoms with Crippen molar-refractivity contribution in [3.05, 3.63) is 49.4 Å². The molecule has 0 aliphatic rings. The Morgan fingerprint density at radius 3 is 2.76 bits per heavy atom. The van der Waals surface area contributed by atoms with Gasteiger partial charge in [0.25, 0.3) is 5.91 Å². The first-order chi connectivity index (χ1) is 8.08. The second-order valence-electron chi connectivity index (χ2n) is 3.19. The first kappa shape index (κ1) is 12.9. The van der Waals surface area contributed by atoms with E-state index in [1.165, 1.54) is 6.26 Å². The summed E-state index contributed by atoms with van der Waals surface area (Å²) in [4.78, 5) is 11.9. The van der Waals surface area contributed by atoms with E-state index in [-0.39, 0.29) is 5.91 Å². The predicted molar refractivity (Wildman–Crippen MR) is 78.5 cm³/mol. The summed E-state index contributed by atoms with van der Waals surface area (Å²) in [5.74, 6) is -0.231. The Kier molecular flexibility index (Phi) is 4.11. The predicted octanol–water partition coefficient (Wildman–Crippen LogP) is 4.55. The van der Waals surface area contributed by atoms with Crippen LogP contribution >= 0.6 is 50.1 Å². The molecule has 0 saturated heterocycles. The van der Waals surface area contributed by atoms with Crippen LogP contribution in [-0.2, 0) is 0 Å². The first-order valence-corrected chi connectivity index (χ1v) is 6.82. The van der Waals surface area contributed by atoms with E-state index in [0.29, 0.717) is 20.9 Å². The van der Waals surface area contributed by atoms with Gasteiger partial charge in [-0.3, -0.25) is 4.79 Å². The minimum absolute atomic E-state index is 0.231. The van der Waals surface area contributed by atoms with E-state index >= 15 is 0 Å². The van der Waals surface area contributed by atoms with E-state index in [2.05, 4.69) is 43.8 Å². The van der Waals surface area contributed by atoms with Crippen LogP contribution in [0.3, 0.4) is 0 Å². The number of anilines is 1. The molecule has 0 saturated carbocycles. The smallest absolute Gasteiger partial charge is 0.260 e. The maximum Gasteiger partial charge on any atom is 0.260 e. The Morgan fingerprint density at radius 2 is 2.18 bits per heavy atom. The number of carbonyl (C=O) groups excluding carboxylic acids is 1. The molecule has 6 heteroatoms. The van der Waals surface area contributed by atoms with E-state index in [9.17, 15) is 4.79 Å². The highest BCUT2D eigenvalue weighted by molar-refractivity contribution is 14.1. The summed E-state index contributed by atoms with van der Waals surface area (Å²) in [6, 6.07) is 6.87. The highest BCUT2D eigenvalue weighted by Gasteiger charge is 2.13. The molecule has 0 fully saturated rings. The van der Waals surface area contributed by atoms with Crippen LogP contribution in [0, 0.1) is 3.57 Å². The minimum atomic E-state index is -0.231. The summed E-state index contributed by atoms with van der Waals surface area (Å²) in [6.07, 6.45) is 1.45. The van der Waals surface area contributed by atoms with Gasteiger partial charge in [0.15, 0.2) is 4.67 Å². The zero-order valence-electron chi connectivity index (χ0n) is 8.34. The largest absolute Gasteiger partial charge is 0.457 e. The van der Waals surface area contributed by atoms with Crippen LogP contribution in [0.5, 0.6) is 0 Å². The lowest BCUT2D eigenvalue weighted by molar-refractivity contribution is 0.102. The van der Waals surface area contributed by atoms with Crippen LogP contribution < -0.4 is 5.32 Å². The molecule has 0 radical (unpaired) electrons. The van der Waals surface area contributed by atoms with Gasteiger partial charge in [-0.05, 0) is 62.8 Å². The third-order valence-corrected chi connectivity index (χ3v) is 3.78. The van der Waals surface area contributed by atoms with E-state index in [1.54, 1.807) is 24.3 Å². The molecule has 88 valence electrons. The number of hydrogen-bond donors (Lipinski definition) is 1. The van der Waals surface area contributed by atoms with Gasteiger partial charge < -0.3 is 9.73 Å². The fraction of sp³-hybridized carbons (Fsp3) is 0. The SMILES string of the molecule is O=C(Nc1ccc(Cl)cc1I)c1ccoc1Br. The third-order valence-electron chi connectivity index (χ3n) is 2.04.